The zero-order valence-corrected chi connectivity index (χ0v) is 15.7. The van der Waals surface area contributed by atoms with Crippen LogP contribution in [0.5, 0.6) is 0 Å². The summed E-state index contributed by atoms with van der Waals surface area (Å²) in [6, 6.07) is 14.2. The highest BCUT2D eigenvalue weighted by atomic mass is 35.5. The normalized spacial score (nSPS) is 10.9. The molecule has 2 aromatic carbocycles. The summed E-state index contributed by atoms with van der Waals surface area (Å²) < 4.78 is 2.34. The monoisotopic (exact) mass is 396 g/mol. The van der Waals surface area contributed by atoms with Gasteiger partial charge in [-0.3, -0.25) is 14.9 Å². The number of aryl methyl sites for hydroxylation is 1. The van der Waals surface area contributed by atoms with Crippen LogP contribution in [0.3, 0.4) is 0 Å². The molecule has 1 amide bonds. The van der Waals surface area contributed by atoms with Crippen molar-refractivity contribution in [1.82, 2.24) is 14.8 Å². The van der Waals surface area contributed by atoms with E-state index in [1.807, 2.05) is 31.2 Å². The van der Waals surface area contributed by atoms with Crippen molar-refractivity contribution in [2.75, 3.05) is 5.32 Å². The van der Waals surface area contributed by atoms with Gasteiger partial charge in [0.2, 0.25) is 5.43 Å². The molecule has 0 radical (unpaired) electrons. The highest BCUT2D eigenvalue weighted by Gasteiger charge is 2.16. The Morgan fingerprint density at radius 1 is 1.15 bits per heavy atom. The highest BCUT2D eigenvalue weighted by molar-refractivity contribution is 7.22. The number of amides is 1. The number of rotatable bonds is 3. The standard InChI is InChI=1S/C19H13ClN4O2S/c1-11-2-5-13(6-3-11)24-9-8-15(25)17(23-24)18(26)22-19-21-14-7-4-12(20)10-16(14)27-19/h2-10H,1H3,(H,21,22,26). The van der Waals surface area contributed by atoms with E-state index >= 15 is 0 Å². The van der Waals surface area contributed by atoms with Gasteiger partial charge in [0, 0.05) is 17.3 Å². The molecular weight excluding hydrogens is 384 g/mol. The van der Waals surface area contributed by atoms with Gasteiger partial charge in [-0.15, -0.1) is 0 Å². The van der Waals surface area contributed by atoms with Gasteiger partial charge >= 0.3 is 0 Å². The van der Waals surface area contributed by atoms with Crippen LogP contribution < -0.4 is 10.7 Å². The van der Waals surface area contributed by atoms with E-state index in [0.29, 0.717) is 10.2 Å². The first kappa shape index (κ1) is 17.4. The number of halogens is 1. The topological polar surface area (TPSA) is 76.9 Å². The summed E-state index contributed by atoms with van der Waals surface area (Å²) in [6.45, 7) is 1.98. The summed E-state index contributed by atoms with van der Waals surface area (Å²) in [4.78, 5) is 29.0. The van der Waals surface area contributed by atoms with Crippen molar-refractivity contribution >= 4 is 44.2 Å². The van der Waals surface area contributed by atoms with Gasteiger partial charge in [0.05, 0.1) is 15.9 Å². The molecule has 0 atom stereocenters. The summed E-state index contributed by atoms with van der Waals surface area (Å²) in [6.07, 6.45) is 1.53. The molecular formula is C19H13ClN4O2S. The minimum atomic E-state index is -0.605. The van der Waals surface area contributed by atoms with Crippen LogP contribution in [0.1, 0.15) is 16.1 Å². The van der Waals surface area contributed by atoms with Crippen LogP contribution in [0.4, 0.5) is 5.13 Å². The van der Waals surface area contributed by atoms with Gasteiger partial charge in [-0.25, -0.2) is 9.67 Å². The third kappa shape index (κ3) is 3.60. The van der Waals surface area contributed by atoms with E-state index in [-0.39, 0.29) is 5.69 Å². The first-order valence-electron chi connectivity index (χ1n) is 8.04. The largest absolute Gasteiger partial charge is 0.296 e. The fourth-order valence-corrected chi connectivity index (χ4v) is 3.65. The maximum Gasteiger partial charge on any atom is 0.281 e. The molecule has 0 aliphatic carbocycles. The van der Waals surface area contributed by atoms with E-state index in [2.05, 4.69) is 15.4 Å². The lowest BCUT2D eigenvalue weighted by Gasteiger charge is -2.07. The highest BCUT2D eigenvalue weighted by Crippen LogP contribution is 2.28. The van der Waals surface area contributed by atoms with Crippen LogP contribution in [0.2, 0.25) is 5.02 Å². The van der Waals surface area contributed by atoms with Crippen molar-refractivity contribution in [2.24, 2.45) is 0 Å². The average molecular weight is 397 g/mol. The van der Waals surface area contributed by atoms with Gasteiger partial charge in [0.15, 0.2) is 10.8 Å². The third-order valence-corrected chi connectivity index (χ3v) is 5.06. The van der Waals surface area contributed by atoms with E-state index < -0.39 is 11.3 Å². The first-order chi connectivity index (χ1) is 13.0. The molecule has 0 saturated heterocycles. The quantitative estimate of drug-likeness (QED) is 0.566. The number of anilines is 1. The van der Waals surface area contributed by atoms with Crippen LogP contribution in [-0.4, -0.2) is 20.7 Å². The smallest absolute Gasteiger partial charge is 0.281 e. The second kappa shape index (κ2) is 6.94. The lowest BCUT2D eigenvalue weighted by atomic mass is 10.2. The number of aromatic nitrogens is 3. The van der Waals surface area contributed by atoms with Crippen LogP contribution >= 0.6 is 22.9 Å². The number of carbonyl (C=O) groups is 1. The average Bonchev–Trinajstić information content (AvgIpc) is 3.04. The number of hydrogen-bond acceptors (Lipinski definition) is 5. The Balaban J connectivity index is 1.65. The number of nitrogens with one attached hydrogen (secondary N) is 1. The molecule has 2 aromatic heterocycles. The summed E-state index contributed by atoms with van der Waals surface area (Å²) in [5.74, 6) is -0.605. The number of benzene rings is 2. The van der Waals surface area contributed by atoms with Crippen molar-refractivity contribution in [3.8, 4) is 5.69 Å². The van der Waals surface area contributed by atoms with Crippen LogP contribution in [0.25, 0.3) is 15.9 Å². The van der Waals surface area contributed by atoms with Gasteiger partial charge in [-0.05, 0) is 37.3 Å². The molecule has 0 spiro atoms. The molecule has 2 heterocycles. The molecule has 4 rings (SSSR count). The Hall–Kier alpha value is -3.03. The van der Waals surface area contributed by atoms with Crippen molar-refractivity contribution in [3.63, 3.8) is 0 Å². The molecule has 0 aliphatic heterocycles. The molecule has 0 saturated carbocycles. The zero-order valence-electron chi connectivity index (χ0n) is 14.1. The molecule has 0 unspecified atom stereocenters. The Morgan fingerprint density at radius 3 is 2.70 bits per heavy atom. The molecule has 134 valence electrons. The molecule has 8 heteroatoms. The van der Waals surface area contributed by atoms with Gasteiger partial charge in [0.1, 0.15) is 0 Å². The van der Waals surface area contributed by atoms with Gasteiger partial charge in [0.25, 0.3) is 5.91 Å². The summed E-state index contributed by atoms with van der Waals surface area (Å²) in [5, 5.41) is 7.80. The van der Waals surface area contributed by atoms with Gasteiger partial charge in [-0.1, -0.05) is 40.6 Å². The van der Waals surface area contributed by atoms with Gasteiger partial charge < -0.3 is 0 Å². The number of carbonyl (C=O) groups excluding carboxylic acids is 1. The lowest BCUT2D eigenvalue weighted by molar-refractivity contribution is 0.101. The van der Waals surface area contributed by atoms with E-state index in [9.17, 15) is 9.59 Å². The molecule has 0 aliphatic rings. The predicted octanol–water partition coefficient (Wildman–Crippen LogP) is 4.06. The molecule has 6 nitrogen and oxygen atoms in total. The van der Waals surface area contributed by atoms with Crippen LogP contribution in [0.15, 0.2) is 59.5 Å². The van der Waals surface area contributed by atoms with Crippen molar-refractivity contribution in [2.45, 2.75) is 6.92 Å². The van der Waals surface area contributed by atoms with Crippen LogP contribution in [-0.2, 0) is 0 Å². The van der Waals surface area contributed by atoms with E-state index in [4.69, 9.17) is 11.6 Å². The molecule has 0 bridgehead atoms. The Morgan fingerprint density at radius 2 is 1.93 bits per heavy atom. The van der Waals surface area contributed by atoms with Crippen molar-refractivity contribution in [3.05, 3.63) is 81.2 Å². The molecule has 27 heavy (non-hydrogen) atoms. The van der Waals surface area contributed by atoms with Crippen molar-refractivity contribution < 1.29 is 4.79 Å². The summed E-state index contributed by atoms with van der Waals surface area (Å²) >= 11 is 7.25. The first-order valence-corrected chi connectivity index (χ1v) is 9.23. The van der Waals surface area contributed by atoms with Gasteiger partial charge in [-0.2, -0.15) is 5.10 Å². The minimum absolute atomic E-state index is 0.199. The second-order valence-electron chi connectivity index (χ2n) is 5.89. The number of fused-ring (bicyclic) bond motifs is 1. The maximum atomic E-state index is 12.6. The Bertz CT molecular complexity index is 1210. The predicted molar refractivity (Wildman–Crippen MR) is 107 cm³/mol. The fourth-order valence-electron chi connectivity index (χ4n) is 2.51. The number of thiazole rings is 1. The number of hydrogen-bond donors (Lipinski definition) is 1. The number of nitrogens with zero attached hydrogens (tertiary/aromatic N) is 3. The minimum Gasteiger partial charge on any atom is -0.296 e. The molecule has 0 fully saturated rings. The zero-order chi connectivity index (χ0) is 19.0. The van der Waals surface area contributed by atoms with Crippen LogP contribution in [0, 0.1) is 6.92 Å². The van der Waals surface area contributed by atoms with E-state index in [0.717, 1.165) is 21.5 Å². The fraction of sp³-hybridized carbons (Fsp3) is 0.0526. The summed E-state index contributed by atoms with van der Waals surface area (Å²) in [5.41, 5.74) is 1.92. The van der Waals surface area contributed by atoms with E-state index in [1.165, 1.54) is 28.3 Å². The summed E-state index contributed by atoms with van der Waals surface area (Å²) in [7, 11) is 0. The lowest BCUT2D eigenvalue weighted by Crippen LogP contribution is -2.25. The SMILES string of the molecule is Cc1ccc(-n2ccc(=O)c(C(=O)Nc3nc4ccc(Cl)cc4s3)n2)cc1. The van der Waals surface area contributed by atoms with E-state index in [1.54, 1.807) is 18.2 Å². The molecule has 4 aromatic rings. The molecule has 1 N–H and O–H groups in total. The Kier molecular flexibility index (Phi) is 4.47. The van der Waals surface area contributed by atoms with Crippen molar-refractivity contribution in [1.29, 1.82) is 0 Å². The Labute approximate surface area is 163 Å². The maximum absolute atomic E-state index is 12.6. The second-order valence-corrected chi connectivity index (χ2v) is 7.36. The third-order valence-electron chi connectivity index (χ3n) is 3.89.